The molecule has 3 aromatic rings. The number of ether oxygens (including phenoxy) is 1. The summed E-state index contributed by atoms with van der Waals surface area (Å²) >= 11 is 6.24. The van der Waals surface area contributed by atoms with E-state index in [0.29, 0.717) is 23.4 Å². The van der Waals surface area contributed by atoms with Crippen molar-refractivity contribution in [2.45, 2.75) is 27.2 Å². The quantitative estimate of drug-likeness (QED) is 0.291. The van der Waals surface area contributed by atoms with Crippen molar-refractivity contribution in [3.05, 3.63) is 99.7 Å². The summed E-state index contributed by atoms with van der Waals surface area (Å²) in [5.41, 5.74) is 3.95. The van der Waals surface area contributed by atoms with Gasteiger partial charge in [0, 0.05) is 16.9 Å². The number of benzene rings is 3. The van der Waals surface area contributed by atoms with Gasteiger partial charge in [0.2, 0.25) is 0 Å². The van der Waals surface area contributed by atoms with Gasteiger partial charge in [-0.15, -0.1) is 0 Å². The molecule has 1 heterocycles. The third-order valence-corrected chi connectivity index (χ3v) is 6.05. The van der Waals surface area contributed by atoms with E-state index >= 15 is 0 Å². The van der Waals surface area contributed by atoms with Crippen LogP contribution in [0.2, 0.25) is 0 Å². The van der Waals surface area contributed by atoms with Crippen molar-refractivity contribution in [2.75, 3.05) is 22.1 Å². The smallest absolute Gasteiger partial charge is 0.338 e. The van der Waals surface area contributed by atoms with Gasteiger partial charge in [0.25, 0.3) is 17.7 Å². The van der Waals surface area contributed by atoms with Gasteiger partial charge in [-0.05, 0) is 86.0 Å². The monoisotopic (exact) mass is 531 g/mol. The van der Waals surface area contributed by atoms with Gasteiger partial charge in [-0.2, -0.15) is 0 Å². The Morgan fingerprint density at radius 2 is 1.55 bits per heavy atom. The first-order valence-electron chi connectivity index (χ1n) is 12.0. The van der Waals surface area contributed by atoms with Gasteiger partial charge < -0.3 is 15.4 Å². The summed E-state index contributed by atoms with van der Waals surface area (Å²) in [4.78, 5) is 51.8. The number of aryl methyl sites for hydroxylation is 2. The van der Waals surface area contributed by atoms with Crippen molar-refractivity contribution in [1.29, 1.82) is 0 Å². The number of imide groups is 1. The molecule has 4 rings (SSSR count). The van der Waals surface area contributed by atoms with E-state index in [0.717, 1.165) is 16.0 Å². The van der Waals surface area contributed by atoms with Crippen LogP contribution in [0.5, 0.6) is 0 Å². The molecular formula is C29H26ClN3O5. The minimum Gasteiger partial charge on any atom is -0.462 e. The van der Waals surface area contributed by atoms with Gasteiger partial charge in [-0.3, -0.25) is 14.4 Å². The molecule has 1 aliphatic heterocycles. The lowest BCUT2D eigenvalue weighted by atomic mass is 10.1. The van der Waals surface area contributed by atoms with E-state index < -0.39 is 17.8 Å². The number of hydrogen-bond acceptors (Lipinski definition) is 6. The number of esters is 1. The second-order valence-electron chi connectivity index (χ2n) is 8.85. The van der Waals surface area contributed by atoms with Crippen molar-refractivity contribution >= 4 is 52.4 Å². The van der Waals surface area contributed by atoms with E-state index in [1.165, 1.54) is 12.1 Å². The first kappa shape index (κ1) is 26.6. The van der Waals surface area contributed by atoms with E-state index in [1.807, 2.05) is 39.0 Å². The third kappa shape index (κ3) is 5.76. The average molecular weight is 532 g/mol. The molecule has 0 fully saturated rings. The molecule has 0 atom stereocenters. The summed E-state index contributed by atoms with van der Waals surface area (Å²) in [6, 6.07) is 18.2. The van der Waals surface area contributed by atoms with Crippen molar-refractivity contribution in [1.82, 2.24) is 0 Å². The van der Waals surface area contributed by atoms with Crippen LogP contribution in [-0.2, 0) is 14.3 Å². The Kier molecular flexibility index (Phi) is 7.93. The topological polar surface area (TPSA) is 105 Å². The minimum absolute atomic E-state index is 0.108. The highest BCUT2D eigenvalue weighted by Crippen LogP contribution is 2.31. The summed E-state index contributed by atoms with van der Waals surface area (Å²) in [6.45, 7) is 6.05. The molecule has 194 valence electrons. The van der Waals surface area contributed by atoms with Crippen molar-refractivity contribution in [2.24, 2.45) is 0 Å². The van der Waals surface area contributed by atoms with Crippen LogP contribution < -0.4 is 15.5 Å². The Labute approximate surface area is 225 Å². The molecule has 0 aliphatic carbocycles. The molecule has 0 saturated carbocycles. The standard InChI is InChI=1S/C29H26ClN3O5/c1-4-12-38-29(37)20-6-5-7-23(16-20)33-27(35)24(30)25(28(33)36)31-21-10-8-19(9-11-21)26(34)32-22-14-17(2)13-18(3)15-22/h5-11,13-16,31H,4,12H2,1-3H3,(H,32,34). The zero-order valence-corrected chi connectivity index (χ0v) is 21.9. The first-order valence-corrected chi connectivity index (χ1v) is 12.4. The van der Waals surface area contributed by atoms with Crippen LogP contribution in [0, 0.1) is 13.8 Å². The van der Waals surface area contributed by atoms with Gasteiger partial charge in [-0.25, -0.2) is 9.69 Å². The normalized spacial score (nSPS) is 13.1. The van der Waals surface area contributed by atoms with Crippen molar-refractivity contribution in [3.8, 4) is 0 Å². The maximum absolute atomic E-state index is 13.1. The van der Waals surface area contributed by atoms with Gasteiger partial charge >= 0.3 is 5.97 Å². The van der Waals surface area contributed by atoms with E-state index in [1.54, 1.807) is 36.4 Å². The number of carbonyl (C=O) groups is 4. The Morgan fingerprint density at radius 1 is 0.868 bits per heavy atom. The summed E-state index contributed by atoms with van der Waals surface area (Å²) in [5, 5.41) is 5.46. The van der Waals surface area contributed by atoms with Crippen LogP contribution in [-0.4, -0.2) is 30.3 Å². The number of hydrogen-bond donors (Lipinski definition) is 2. The number of anilines is 3. The van der Waals surface area contributed by atoms with E-state index in [9.17, 15) is 19.2 Å². The van der Waals surface area contributed by atoms with Crippen LogP contribution >= 0.6 is 11.6 Å². The molecule has 0 aromatic heterocycles. The zero-order valence-electron chi connectivity index (χ0n) is 21.1. The van der Waals surface area contributed by atoms with Gasteiger partial charge in [0.05, 0.1) is 17.9 Å². The number of amides is 3. The average Bonchev–Trinajstić information content (AvgIpc) is 3.10. The lowest BCUT2D eigenvalue weighted by molar-refractivity contribution is -0.120. The molecule has 3 aromatic carbocycles. The fourth-order valence-corrected chi connectivity index (χ4v) is 4.21. The Balaban J connectivity index is 1.47. The van der Waals surface area contributed by atoms with Gasteiger partial charge in [0.15, 0.2) is 0 Å². The van der Waals surface area contributed by atoms with Crippen LogP contribution in [0.1, 0.15) is 45.2 Å². The summed E-state index contributed by atoms with van der Waals surface area (Å²) in [7, 11) is 0. The molecule has 0 saturated heterocycles. The molecule has 38 heavy (non-hydrogen) atoms. The summed E-state index contributed by atoms with van der Waals surface area (Å²) in [6.07, 6.45) is 0.668. The molecule has 8 nitrogen and oxygen atoms in total. The molecule has 2 N–H and O–H groups in total. The second kappa shape index (κ2) is 11.3. The number of halogens is 1. The molecule has 0 bridgehead atoms. The number of nitrogens with zero attached hydrogens (tertiary/aromatic N) is 1. The SMILES string of the molecule is CCCOC(=O)c1cccc(N2C(=O)C(Cl)=C(Nc3ccc(C(=O)Nc4cc(C)cc(C)c4)cc3)C2=O)c1. The summed E-state index contributed by atoms with van der Waals surface area (Å²) in [5.74, 6) is -2.22. The third-order valence-electron chi connectivity index (χ3n) is 5.70. The highest BCUT2D eigenvalue weighted by Gasteiger charge is 2.39. The maximum atomic E-state index is 13.1. The fraction of sp³-hybridized carbons (Fsp3) is 0.172. The Morgan fingerprint density at radius 3 is 2.21 bits per heavy atom. The summed E-state index contributed by atoms with van der Waals surface area (Å²) < 4.78 is 5.14. The predicted molar refractivity (Wildman–Crippen MR) is 146 cm³/mol. The minimum atomic E-state index is -0.720. The van der Waals surface area contributed by atoms with Crippen LogP contribution in [0.25, 0.3) is 0 Å². The van der Waals surface area contributed by atoms with E-state index in [4.69, 9.17) is 16.3 Å². The molecule has 0 spiro atoms. The predicted octanol–water partition coefficient (Wildman–Crippen LogP) is 5.56. The van der Waals surface area contributed by atoms with Crippen LogP contribution in [0.15, 0.2) is 77.5 Å². The molecule has 0 unspecified atom stereocenters. The maximum Gasteiger partial charge on any atom is 0.338 e. The number of carbonyl (C=O) groups excluding carboxylic acids is 4. The van der Waals surface area contributed by atoms with Gasteiger partial charge in [0.1, 0.15) is 10.7 Å². The molecule has 9 heteroatoms. The van der Waals surface area contributed by atoms with E-state index in [2.05, 4.69) is 10.6 Å². The van der Waals surface area contributed by atoms with Gasteiger partial charge in [-0.1, -0.05) is 30.7 Å². The first-order chi connectivity index (χ1) is 18.2. The number of rotatable bonds is 8. The Hall–Kier alpha value is -4.43. The van der Waals surface area contributed by atoms with Crippen LogP contribution in [0.3, 0.4) is 0 Å². The lowest BCUT2D eigenvalue weighted by Gasteiger charge is -2.16. The highest BCUT2D eigenvalue weighted by atomic mass is 35.5. The van der Waals surface area contributed by atoms with Crippen molar-refractivity contribution < 1.29 is 23.9 Å². The number of nitrogens with one attached hydrogen (secondary N) is 2. The molecule has 3 amide bonds. The molecule has 1 aliphatic rings. The van der Waals surface area contributed by atoms with Crippen LogP contribution in [0.4, 0.5) is 17.1 Å². The Bertz CT molecular complexity index is 1440. The molecule has 0 radical (unpaired) electrons. The highest BCUT2D eigenvalue weighted by molar-refractivity contribution is 6.53. The second-order valence-corrected chi connectivity index (χ2v) is 9.23. The van der Waals surface area contributed by atoms with E-state index in [-0.39, 0.29) is 34.5 Å². The van der Waals surface area contributed by atoms with Crippen molar-refractivity contribution in [3.63, 3.8) is 0 Å². The fourth-order valence-electron chi connectivity index (χ4n) is 4.00. The lowest BCUT2D eigenvalue weighted by Crippen LogP contribution is -2.32. The zero-order chi connectivity index (χ0) is 27.4. The largest absolute Gasteiger partial charge is 0.462 e. The molecular weight excluding hydrogens is 506 g/mol.